The quantitative estimate of drug-likeness (QED) is 0.860. The SMILES string of the molecule is CCCn1ccnc1CNc1cc(C(=O)O)c(F)cc1F. The molecule has 0 aliphatic rings. The average molecular weight is 295 g/mol. The average Bonchev–Trinajstić information content (AvgIpc) is 2.85. The molecule has 2 rings (SSSR count). The second-order valence-electron chi connectivity index (χ2n) is 4.51. The zero-order chi connectivity index (χ0) is 15.4. The number of carboxylic acid groups (broad SMARTS) is 1. The summed E-state index contributed by atoms with van der Waals surface area (Å²) in [6.45, 7) is 3.02. The lowest BCUT2D eigenvalue weighted by atomic mass is 10.2. The van der Waals surface area contributed by atoms with Crippen molar-refractivity contribution in [2.75, 3.05) is 5.32 Å². The topological polar surface area (TPSA) is 67.2 Å². The number of aromatic carboxylic acids is 1. The van der Waals surface area contributed by atoms with Crippen molar-refractivity contribution in [3.63, 3.8) is 0 Å². The molecule has 0 bridgehead atoms. The van der Waals surface area contributed by atoms with Crippen molar-refractivity contribution in [2.24, 2.45) is 0 Å². The van der Waals surface area contributed by atoms with Crippen LogP contribution in [0.3, 0.4) is 0 Å². The Morgan fingerprint density at radius 3 is 2.81 bits per heavy atom. The van der Waals surface area contributed by atoms with Crippen molar-refractivity contribution in [1.29, 1.82) is 0 Å². The van der Waals surface area contributed by atoms with Crippen LogP contribution in [0.25, 0.3) is 0 Å². The maximum absolute atomic E-state index is 13.6. The molecule has 7 heteroatoms. The van der Waals surface area contributed by atoms with Crippen LogP contribution in [-0.2, 0) is 13.1 Å². The molecule has 0 aliphatic heterocycles. The number of aryl methyl sites for hydroxylation is 1. The fraction of sp³-hybridized carbons (Fsp3) is 0.286. The van der Waals surface area contributed by atoms with E-state index < -0.39 is 23.2 Å². The van der Waals surface area contributed by atoms with E-state index in [2.05, 4.69) is 10.3 Å². The van der Waals surface area contributed by atoms with E-state index in [1.807, 2.05) is 17.7 Å². The standard InChI is InChI=1S/C14H15F2N3O2/c1-2-4-19-5-3-17-13(19)8-18-12-6-9(14(20)21)10(15)7-11(12)16/h3,5-7,18H,2,4,8H2,1H3,(H,20,21). The van der Waals surface area contributed by atoms with E-state index in [0.29, 0.717) is 11.9 Å². The molecule has 0 spiro atoms. The summed E-state index contributed by atoms with van der Waals surface area (Å²) in [4.78, 5) is 15.0. The predicted molar refractivity (Wildman–Crippen MR) is 73.2 cm³/mol. The number of imidazole rings is 1. The van der Waals surface area contributed by atoms with Gasteiger partial charge in [0.2, 0.25) is 0 Å². The number of hydrogen-bond donors (Lipinski definition) is 2. The van der Waals surface area contributed by atoms with Gasteiger partial charge in [0.15, 0.2) is 0 Å². The lowest BCUT2D eigenvalue weighted by Gasteiger charge is -2.10. The zero-order valence-corrected chi connectivity index (χ0v) is 11.4. The van der Waals surface area contributed by atoms with E-state index >= 15 is 0 Å². The number of benzene rings is 1. The van der Waals surface area contributed by atoms with Gasteiger partial charge in [-0.05, 0) is 12.5 Å². The van der Waals surface area contributed by atoms with E-state index in [-0.39, 0.29) is 12.2 Å². The molecule has 0 unspecified atom stereocenters. The monoisotopic (exact) mass is 295 g/mol. The third-order valence-electron chi connectivity index (χ3n) is 2.99. The van der Waals surface area contributed by atoms with E-state index in [0.717, 1.165) is 19.0 Å². The second-order valence-corrected chi connectivity index (χ2v) is 4.51. The molecule has 2 aromatic rings. The number of carboxylic acids is 1. The van der Waals surface area contributed by atoms with Crippen LogP contribution in [0, 0.1) is 11.6 Å². The zero-order valence-electron chi connectivity index (χ0n) is 11.4. The van der Waals surface area contributed by atoms with Crippen molar-refractivity contribution >= 4 is 11.7 Å². The van der Waals surface area contributed by atoms with Crippen molar-refractivity contribution < 1.29 is 18.7 Å². The minimum Gasteiger partial charge on any atom is -0.478 e. The van der Waals surface area contributed by atoms with E-state index in [9.17, 15) is 13.6 Å². The molecule has 5 nitrogen and oxygen atoms in total. The third-order valence-corrected chi connectivity index (χ3v) is 2.99. The predicted octanol–water partition coefficient (Wildman–Crippen LogP) is 2.88. The normalized spacial score (nSPS) is 10.6. The van der Waals surface area contributed by atoms with Gasteiger partial charge in [-0.3, -0.25) is 0 Å². The van der Waals surface area contributed by atoms with Gasteiger partial charge in [0.25, 0.3) is 0 Å². The molecule has 2 N–H and O–H groups in total. The molecule has 1 aromatic heterocycles. The first-order valence-corrected chi connectivity index (χ1v) is 6.49. The molecular formula is C14H15F2N3O2. The highest BCUT2D eigenvalue weighted by atomic mass is 19.1. The first-order valence-electron chi connectivity index (χ1n) is 6.49. The van der Waals surface area contributed by atoms with Crippen LogP contribution in [0.5, 0.6) is 0 Å². The molecule has 0 radical (unpaired) electrons. The van der Waals surface area contributed by atoms with Gasteiger partial charge in [0, 0.05) is 25.0 Å². The number of hydrogen-bond acceptors (Lipinski definition) is 3. The highest BCUT2D eigenvalue weighted by molar-refractivity contribution is 5.89. The molecule has 1 aromatic carbocycles. The number of rotatable bonds is 6. The number of carbonyl (C=O) groups is 1. The molecule has 0 amide bonds. The smallest absolute Gasteiger partial charge is 0.338 e. The molecule has 21 heavy (non-hydrogen) atoms. The summed E-state index contributed by atoms with van der Waals surface area (Å²) < 4.78 is 28.9. The number of nitrogens with one attached hydrogen (secondary N) is 1. The highest BCUT2D eigenvalue weighted by Crippen LogP contribution is 2.20. The fourth-order valence-corrected chi connectivity index (χ4v) is 1.97. The van der Waals surface area contributed by atoms with Gasteiger partial charge in [-0.2, -0.15) is 0 Å². The summed E-state index contributed by atoms with van der Waals surface area (Å²) in [7, 11) is 0. The fourth-order valence-electron chi connectivity index (χ4n) is 1.97. The van der Waals surface area contributed by atoms with E-state index in [1.54, 1.807) is 6.20 Å². The lowest BCUT2D eigenvalue weighted by molar-refractivity contribution is 0.0692. The Balaban J connectivity index is 2.18. The van der Waals surface area contributed by atoms with Crippen molar-refractivity contribution in [3.8, 4) is 0 Å². The first-order chi connectivity index (χ1) is 10.0. The van der Waals surface area contributed by atoms with Crippen molar-refractivity contribution in [3.05, 3.63) is 47.5 Å². The molecule has 1 heterocycles. The summed E-state index contributed by atoms with van der Waals surface area (Å²) in [5, 5.41) is 11.6. The Kier molecular flexibility index (Phi) is 4.52. The van der Waals surface area contributed by atoms with E-state index in [1.165, 1.54) is 0 Å². The highest BCUT2D eigenvalue weighted by Gasteiger charge is 2.15. The molecule has 0 saturated heterocycles. The lowest BCUT2D eigenvalue weighted by Crippen LogP contribution is -2.10. The Morgan fingerprint density at radius 1 is 1.38 bits per heavy atom. The Hall–Kier alpha value is -2.44. The molecule has 0 aliphatic carbocycles. The van der Waals surface area contributed by atoms with Crippen molar-refractivity contribution in [1.82, 2.24) is 9.55 Å². The van der Waals surface area contributed by atoms with Gasteiger partial charge in [0.1, 0.15) is 17.5 Å². The molecule has 0 fully saturated rings. The maximum atomic E-state index is 13.6. The Bertz CT molecular complexity index is 656. The minimum atomic E-state index is -1.44. The van der Waals surface area contributed by atoms with Gasteiger partial charge in [0.05, 0.1) is 17.8 Å². The van der Waals surface area contributed by atoms with Crippen molar-refractivity contribution in [2.45, 2.75) is 26.4 Å². The van der Waals surface area contributed by atoms with Crippen LogP contribution in [0.1, 0.15) is 29.5 Å². The number of aromatic nitrogens is 2. The Labute approximate surface area is 120 Å². The number of nitrogens with zero attached hydrogens (tertiary/aromatic N) is 2. The van der Waals surface area contributed by atoms with Gasteiger partial charge >= 0.3 is 5.97 Å². The minimum absolute atomic E-state index is 0.0696. The van der Waals surface area contributed by atoms with Crippen LogP contribution < -0.4 is 5.32 Å². The summed E-state index contributed by atoms with van der Waals surface area (Å²) in [6.07, 6.45) is 4.37. The molecule has 0 saturated carbocycles. The maximum Gasteiger partial charge on any atom is 0.338 e. The van der Waals surface area contributed by atoms with Crippen LogP contribution >= 0.6 is 0 Å². The molecular weight excluding hydrogens is 280 g/mol. The molecule has 112 valence electrons. The van der Waals surface area contributed by atoms with Crippen LogP contribution in [0.2, 0.25) is 0 Å². The van der Waals surface area contributed by atoms with Gasteiger partial charge in [-0.15, -0.1) is 0 Å². The Morgan fingerprint density at radius 2 is 2.14 bits per heavy atom. The van der Waals surface area contributed by atoms with Crippen LogP contribution in [0.4, 0.5) is 14.5 Å². The van der Waals surface area contributed by atoms with Crippen LogP contribution in [-0.4, -0.2) is 20.6 Å². The second kappa shape index (κ2) is 6.34. The van der Waals surface area contributed by atoms with E-state index in [4.69, 9.17) is 5.11 Å². The largest absolute Gasteiger partial charge is 0.478 e. The van der Waals surface area contributed by atoms with Gasteiger partial charge in [-0.25, -0.2) is 18.6 Å². The first kappa shape index (κ1) is 15.0. The third kappa shape index (κ3) is 3.36. The summed E-state index contributed by atoms with van der Waals surface area (Å²) in [6, 6.07) is 1.50. The summed E-state index contributed by atoms with van der Waals surface area (Å²) in [5.74, 6) is -2.69. The van der Waals surface area contributed by atoms with Gasteiger partial charge < -0.3 is 15.0 Å². The van der Waals surface area contributed by atoms with Crippen LogP contribution in [0.15, 0.2) is 24.5 Å². The van der Waals surface area contributed by atoms with Gasteiger partial charge in [-0.1, -0.05) is 6.92 Å². The molecule has 0 atom stereocenters. The summed E-state index contributed by atoms with van der Waals surface area (Å²) in [5.41, 5.74) is -0.643. The number of anilines is 1. The summed E-state index contributed by atoms with van der Waals surface area (Å²) >= 11 is 0. The number of halogens is 2.